The molecule has 2 heterocycles. The van der Waals surface area contributed by atoms with Crippen molar-refractivity contribution in [3.05, 3.63) is 52.8 Å². The Morgan fingerprint density at radius 3 is 2.52 bits per heavy atom. The molecular weight excluding hydrogens is 312 g/mol. The van der Waals surface area contributed by atoms with Crippen molar-refractivity contribution in [1.82, 2.24) is 19.6 Å². The number of carbonyl (C=O) groups excluding carboxylic acids is 1. The van der Waals surface area contributed by atoms with Gasteiger partial charge in [0.25, 0.3) is 0 Å². The second kappa shape index (κ2) is 7.40. The fraction of sp³-hybridized carbons (Fsp3) is 0.500. The quantitative estimate of drug-likeness (QED) is 0.859. The summed E-state index contributed by atoms with van der Waals surface area (Å²) in [5.74, 6) is 0.152. The van der Waals surface area contributed by atoms with Gasteiger partial charge in [0.2, 0.25) is 5.91 Å². The predicted octanol–water partition coefficient (Wildman–Crippen LogP) is 2.93. The molecule has 0 unspecified atom stereocenters. The summed E-state index contributed by atoms with van der Waals surface area (Å²) in [5, 5.41) is 4.64. The molecule has 2 aromatic rings. The van der Waals surface area contributed by atoms with Gasteiger partial charge in [-0.25, -0.2) is 0 Å². The molecule has 5 nitrogen and oxygen atoms in total. The van der Waals surface area contributed by atoms with Crippen LogP contribution in [0.5, 0.6) is 0 Å². The van der Waals surface area contributed by atoms with Gasteiger partial charge in [0.05, 0.1) is 11.7 Å². The summed E-state index contributed by atoms with van der Waals surface area (Å²) in [5.41, 5.74) is 4.90. The maximum absolute atomic E-state index is 12.1. The zero-order chi connectivity index (χ0) is 18.0. The van der Waals surface area contributed by atoms with Crippen LogP contribution in [-0.4, -0.2) is 45.1 Å². The zero-order valence-corrected chi connectivity index (χ0v) is 15.7. The number of piperazine rings is 1. The van der Waals surface area contributed by atoms with Crippen LogP contribution in [-0.2, 0) is 17.9 Å². The number of rotatable bonds is 4. The number of nitrogens with zero attached hydrogens (tertiary/aromatic N) is 4. The molecule has 5 heteroatoms. The van der Waals surface area contributed by atoms with Gasteiger partial charge in [-0.15, -0.1) is 0 Å². The minimum atomic E-state index is 0.120. The SMILES string of the molecule is CCn1nc(C)c(CN2CCN(C(C)=O)[C@H](c3ccccc3)C2)c1C. The summed E-state index contributed by atoms with van der Waals surface area (Å²) in [6.45, 7) is 12.4. The molecule has 1 fully saturated rings. The lowest BCUT2D eigenvalue weighted by Gasteiger charge is -2.41. The van der Waals surface area contributed by atoms with Crippen LogP contribution in [0.2, 0.25) is 0 Å². The molecule has 134 valence electrons. The van der Waals surface area contributed by atoms with Crippen LogP contribution in [0.4, 0.5) is 0 Å². The van der Waals surface area contributed by atoms with E-state index >= 15 is 0 Å². The summed E-state index contributed by atoms with van der Waals surface area (Å²) in [4.78, 5) is 16.5. The van der Waals surface area contributed by atoms with E-state index in [0.717, 1.165) is 38.4 Å². The summed E-state index contributed by atoms with van der Waals surface area (Å²) in [6.07, 6.45) is 0. The van der Waals surface area contributed by atoms with E-state index in [1.165, 1.54) is 16.8 Å². The molecule has 1 saturated heterocycles. The van der Waals surface area contributed by atoms with E-state index in [2.05, 4.69) is 47.6 Å². The first kappa shape index (κ1) is 17.7. The summed E-state index contributed by atoms with van der Waals surface area (Å²) in [6, 6.07) is 10.5. The lowest BCUT2D eigenvalue weighted by Crippen LogP contribution is -2.49. The molecule has 1 aromatic heterocycles. The maximum atomic E-state index is 12.1. The van der Waals surface area contributed by atoms with Crippen LogP contribution in [0.1, 0.15) is 42.4 Å². The van der Waals surface area contributed by atoms with E-state index in [4.69, 9.17) is 0 Å². The van der Waals surface area contributed by atoms with Gasteiger partial charge in [-0.05, 0) is 26.3 Å². The summed E-state index contributed by atoms with van der Waals surface area (Å²) >= 11 is 0. The minimum absolute atomic E-state index is 0.120. The molecule has 1 aliphatic rings. The Hall–Kier alpha value is -2.14. The van der Waals surface area contributed by atoms with Gasteiger partial charge in [-0.3, -0.25) is 14.4 Å². The average Bonchev–Trinajstić information content (AvgIpc) is 2.89. The van der Waals surface area contributed by atoms with E-state index in [-0.39, 0.29) is 11.9 Å². The molecule has 25 heavy (non-hydrogen) atoms. The Labute approximate surface area is 150 Å². The largest absolute Gasteiger partial charge is 0.333 e. The zero-order valence-electron chi connectivity index (χ0n) is 15.7. The molecule has 1 amide bonds. The van der Waals surface area contributed by atoms with Gasteiger partial charge < -0.3 is 4.90 Å². The number of benzene rings is 1. The van der Waals surface area contributed by atoms with Gasteiger partial charge in [-0.2, -0.15) is 5.10 Å². The molecule has 0 saturated carbocycles. The molecule has 1 aromatic carbocycles. The third kappa shape index (κ3) is 3.61. The van der Waals surface area contributed by atoms with Crippen LogP contribution in [0.15, 0.2) is 30.3 Å². The van der Waals surface area contributed by atoms with Gasteiger partial charge in [0.15, 0.2) is 0 Å². The monoisotopic (exact) mass is 340 g/mol. The van der Waals surface area contributed by atoms with E-state index in [0.29, 0.717) is 0 Å². The van der Waals surface area contributed by atoms with Crippen molar-refractivity contribution < 1.29 is 4.79 Å². The number of carbonyl (C=O) groups is 1. The normalized spacial score (nSPS) is 18.6. The molecule has 0 spiro atoms. The Bertz CT molecular complexity index is 738. The van der Waals surface area contributed by atoms with Crippen LogP contribution in [0.3, 0.4) is 0 Å². The summed E-state index contributed by atoms with van der Waals surface area (Å²) in [7, 11) is 0. The predicted molar refractivity (Wildman–Crippen MR) is 99.2 cm³/mol. The molecule has 0 N–H and O–H groups in total. The number of aromatic nitrogens is 2. The lowest BCUT2D eigenvalue weighted by atomic mass is 10.0. The standard InChI is InChI=1S/C20H28N4O/c1-5-24-16(3)19(15(2)21-24)13-22-11-12-23(17(4)25)20(14-22)18-9-7-6-8-10-18/h6-10,20H,5,11-14H2,1-4H3/t20-/m0/s1. The van der Waals surface area contributed by atoms with E-state index < -0.39 is 0 Å². The Kier molecular flexibility index (Phi) is 5.23. The third-order valence-corrected chi connectivity index (χ3v) is 5.27. The average molecular weight is 340 g/mol. The summed E-state index contributed by atoms with van der Waals surface area (Å²) < 4.78 is 2.07. The highest BCUT2D eigenvalue weighted by molar-refractivity contribution is 5.74. The fourth-order valence-electron chi connectivity index (χ4n) is 3.81. The van der Waals surface area contributed by atoms with Crippen molar-refractivity contribution >= 4 is 5.91 Å². The van der Waals surface area contributed by atoms with Crippen molar-refractivity contribution in [3.63, 3.8) is 0 Å². The molecular formula is C20H28N4O. The van der Waals surface area contributed by atoms with Gasteiger partial charge >= 0.3 is 0 Å². The van der Waals surface area contributed by atoms with Crippen LogP contribution in [0, 0.1) is 13.8 Å². The number of hydrogen-bond donors (Lipinski definition) is 0. The van der Waals surface area contributed by atoms with Crippen molar-refractivity contribution in [2.75, 3.05) is 19.6 Å². The van der Waals surface area contributed by atoms with Crippen molar-refractivity contribution in [3.8, 4) is 0 Å². The van der Waals surface area contributed by atoms with E-state index in [1.807, 2.05) is 23.1 Å². The molecule has 0 aliphatic carbocycles. The highest BCUT2D eigenvalue weighted by Gasteiger charge is 2.30. The van der Waals surface area contributed by atoms with Crippen LogP contribution >= 0.6 is 0 Å². The van der Waals surface area contributed by atoms with Gasteiger partial charge in [-0.1, -0.05) is 30.3 Å². The Balaban J connectivity index is 1.81. The van der Waals surface area contributed by atoms with Gasteiger partial charge in [0.1, 0.15) is 0 Å². The molecule has 0 radical (unpaired) electrons. The number of hydrogen-bond acceptors (Lipinski definition) is 3. The second-order valence-electron chi connectivity index (χ2n) is 6.84. The highest BCUT2D eigenvalue weighted by atomic mass is 16.2. The second-order valence-corrected chi connectivity index (χ2v) is 6.84. The van der Waals surface area contributed by atoms with Crippen molar-refractivity contribution in [1.29, 1.82) is 0 Å². The highest BCUT2D eigenvalue weighted by Crippen LogP contribution is 2.27. The first-order valence-corrected chi connectivity index (χ1v) is 9.08. The van der Waals surface area contributed by atoms with Crippen LogP contribution in [0.25, 0.3) is 0 Å². The topological polar surface area (TPSA) is 41.4 Å². The molecule has 1 aliphatic heterocycles. The van der Waals surface area contributed by atoms with Crippen LogP contribution < -0.4 is 0 Å². The Morgan fingerprint density at radius 2 is 1.92 bits per heavy atom. The van der Waals surface area contributed by atoms with Crippen molar-refractivity contribution in [2.45, 2.75) is 46.8 Å². The Morgan fingerprint density at radius 1 is 1.20 bits per heavy atom. The molecule has 0 bridgehead atoms. The van der Waals surface area contributed by atoms with E-state index in [1.54, 1.807) is 6.92 Å². The lowest BCUT2D eigenvalue weighted by molar-refractivity contribution is -0.134. The number of aryl methyl sites for hydroxylation is 2. The first-order valence-electron chi connectivity index (χ1n) is 9.08. The number of amides is 1. The smallest absolute Gasteiger partial charge is 0.220 e. The van der Waals surface area contributed by atoms with Gasteiger partial charge in [0, 0.05) is 50.9 Å². The maximum Gasteiger partial charge on any atom is 0.220 e. The molecule has 1 atom stereocenters. The molecule has 3 rings (SSSR count). The van der Waals surface area contributed by atoms with E-state index in [9.17, 15) is 4.79 Å². The van der Waals surface area contributed by atoms with Crippen molar-refractivity contribution in [2.24, 2.45) is 0 Å². The third-order valence-electron chi connectivity index (χ3n) is 5.27. The first-order chi connectivity index (χ1) is 12.0. The fourth-order valence-corrected chi connectivity index (χ4v) is 3.81. The minimum Gasteiger partial charge on any atom is -0.333 e.